The van der Waals surface area contributed by atoms with Crippen LogP contribution < -0.4 is 4.74 Å². The molecular weight excluding hydrogens is 344 g/mol. The van der Waals surface area contributed by atoms with Gasteiger partial charge in [-0.25, -0.2) is 0 Å². The Morgan fingerprint density at radius 3 is 2.35 bits per heavy atom. The highest BCUT2D eigenvalue weighted by Crippen LogP contribution is 2.51. The SMILES string of the molecule is CC(=O)Oc1ccc2c(c1)C1C(=O)OC(=O)C1CC2C1CC(=O)OC1=O. The van der Waals surface area contributed by atoms with Gasteiger partial charge in [0, 0.05) is 6.92 Å². The first-order valence-electron chi connectivity index (χ1n) is 8.17. The summed E-state index contributed by atoms with van der Waals surface area (Å²) in [6.07, 6.45) is 0.136. The van der Waals surface area contributed by atoms with E-state index >= 15 is 0 Å². The van der Waals surface area contributed by atoms with E-state index in [9.17, 15) is 24.0 Å². The Hall–Kier alpha value is -3.03. The van der Waals surface area contributed by atoms with Crippen molar-refractivity contribution in [1.29, 1.82) is 0 Å². The molecule has 1 aromatic rings. The topological polar surface area (TPSA) is 113 Å². The average molecular weight is 358 g/mol. The predicted molar refractivity (Wildman–Crippen MR) is 81.6 cm³/mol. The molecule has 1 aromatic carbocycles. The van der Waals surface area contributed by atoms with Crippen LogP contribution in [0, 0.1) is 11.8 Å². The molecule has 4 unspecified atom stereocenters. The normalized spacial score (nSPS) is 29.7. The molecule has 3 aliphatic rings. The van der Waals surface area contributed by atoms with Crippen LogP contribution >= 0.6 is 0 Å². The zero-order chi connectivity index (χ0) is 18.6. The fraction of sp³-hybridized carbons (Fsp3) is 0.389. The largest absolute Gasteiger partial charge is 0.427 e. The molecule has 2 aliphatic heterocycles. The fourth-order valence-corrected chi connectivity index (χ4v) is 4.08. The molecule has 2 heterocycles. The van der Waals surface area contributed by atoms with Crippen LogP contribution in [0.3, 0.4) is 0 Å². The molecule has 8 heteroatoms. The molecule has 0 N–H and O–H groups in total. The summed E-state index contributed by atoms with van der Waals surface area (Å²) in [5.74, 6) is -5.57. The van der Waals surface area contributed by atoms with E-state index in [0.29, 0.717) is 11.1 Å². The highest BCUT2D eigenvalue weighted by Gasteiger charge is 2.53. The summed E-state index contributed by atoms with van der Waals surface area (Å²) in [5.41, 5.74) is 1.14. The lowest BCUT2D eigenvalue weighted by Crippen LogP contribution is -2.31. The molecule has 0 bridgehead atoms. The van der Waals surface area contributed by atoms with Crippen LogP contribution in [0.1, 0.15) is 42.7 Å². The number of ether oxygens (including phenoxy) is 3. The first-order chi connectivity index (χ1) is 12.3. The fourth-order valence-electron chi connectivity index (χ4n) is 4.08. The van der Waals surface area contributed by atoms with Gasteiger partial charge in [-0.15, -0.1) is 0 Å². The standard InChI is InChI=1S/C18H14O8/c1-7(19)24-8-2-3-9-10(12-6-14(20)25-16(12)21)5-13-15(11(9)4-8)18(23)26-17(13)22/h2-4,10,12-13,15H,5-6H2,1H3. The molecular formula is C18H14O8. The second-order valence-corrected chi connectivity index (χ2v) is 6.65. The Balaban J connectivity index is 1.81. The van der Waals surface area contributed by atoms with E-state index in [1.165, 1.54) is 13.0 Å². The summed E-state index contributed by atoms with van der Waals surface area (Å²) >= 11 is 0. The Kier molecular flexibility index (Phi) is 3.64. The van der Waals surface area contributed by atoms with Gasteiger partial charge in [0.15, 0.2) is 0 Å². The van der Waals surface area contributed by atoms with Crippen molar-refractivity contribution in [1.82, 2.24) is 0 Å². The number of carbonyl (C=O) groups is 5. The molecule has 4 atom stereocenters. The summed E-state index contributed by atoms with van der Waals surface area (Å²) in [7, 11) is 0. The van der Waals surface area contributed by atoms with Gasteiger partial charge in [-0.2, -0.15) is 0 Å². The highest BCUT2D eigenvalue weighted by atomic mass is 16.6. The van der Waals surface area contributed by atoms with Crippen molar-refractivity contribution in [2.75, 3.05) is 0 Å². The van der Waals surface area contributed by atoms with Crippen molar-refractivity contribution < 1.29 is 38.2 Å². The van der Waals surface area contributed by atoms with Crippen LogP contribution in [0.25, 0.3) is 0 Å². The molecule has 0 amide bonds. The third-order valence-electron chi connectivity index (χ3n) is 5.11. The minimum atomic E-state index is -0.808. The van der Waals surface area contributed by atoms with Gasteiger partial charge in [-0.1, -0.05) is 6.07 Å². The number of hydrogen-bond acceptors (Lipinski definition) is 8. The molecule has 0 aromatic heterocycles. The third-order valence-corrected chi connectivity index (χ3v) is 5.11. The van der Waals surface area contributed by atoms with Gasteiger partial charge in [0.2, 0.25) is 0 Å². The molecule has 0 radical (unpaired) electrons. The average Bonchev–Trinajstić information content (AvgIpc) is 3.04. The van der Waals surface area contributed by atoms with Gasteiger partial charge in [0.25, 0.3) is 0 Å². The second kappa shape index (κ2) is 5.76. The summed E-state index contributed by atoms with van der Waals surface area (Å²) < 4.78 is 14.5. The van der Waals surface area contributed by atoms with Crippen LogP contribution in [0.2, 0.25) is 0 Å². The van der Waals surface area contributed by atoms with Gasteiger partial charge >= 0.3 is 29.8 Å². The summed E-state index contributed by atoms with van der Waals surface area (Å²) in [4.78, 5) is 59.0. The van der Waals surface area contributed by atoms with Gasteiger partial charge in [-0.3, -0.25) is 24.0 Å². The van der Waals surface area contributed by atoms with Gasteiger partial charge in [-0.05, 0) is 35.6 Å². The van der Waals surface area contributed by atoms with Crippen molar-refractivity contribution in [2.45, 2.75) is 31.6 Å². The van der Waals surface area contributed by atoms with E-state index < -0.39 is 53.5 Å². The van der Waals surface area contributed by atoms with Crippen molar-refractivity contribution in [3.8, 4) is 5.75 Å². The molecule has 0 saturated carbocycles. The van der Waals surface area contributed by atoms with E-state index in [0.717, 1.165) is 0 Å². The summed E-state index contributed by atoms with van der Waals surface area (Å²) in [6, 6.07) is 4.72. The summed E-state index contributed by atoms with van der Waals surface area (Å²) in [6.45, 7) is 1.25. The maximum absolute atomic E-state index is 12.2. The quantitative estimate of drug-likeness (QED) is 0.437. The van der Waals surface area contributed by atoms with E-state index in [4.69, 9.17) is 9.47 Å². The van der Waals surface area contributed by atoms with Crippen molar-refractivity contribution >= 4 is 29.8 Å². The van der Waals surface area contributed by atoms with Gasteiger partial charge < -0.3 is 14.2 Å². The Bertz CT molecular complexity index is 870. The van der Waals surface area contributed by atoms with Crippen LogP contribution in [0.15, 0.2) is 18.2 Å². The lowest BCUT2D eigenvalue weighted by molar-refractivity contribution is -0.155. The van der Waals surface area contributed by atoms with Crippen LogP contribution in [0.5, 0.6) is 5.75 Å². The second-order valence-electron chi connectivity index (χ2n) is 6.65. The summed E-state index contributed by atoms with van der Waals surface area (Å²) in [5, 5.41) is 0. The van der Waals surface area contributed by atoms with Crippen LogP contribution in [-0.4, -0.2) is 29.8 Å². The Morgan fingerprint density at radius 2 is 1.69 bits per heavy atom. The van der Waals surface area contributed by atoms with Gasteiger partial charge in [0.1, 0.15) is 5.75 Å². The molecule has 4 rings (SSSR count). The van der Waals surface area contributed by atoms with E-state index in [1.54, 1.807) is 12.1 Å². The lowest BCUT2D eigenvalue weighted by atomic mass is 9.67. The maximum Gasteiger partial charge on any atom is 0.321 e. The number of esters is 5. The van der Waals surface area contributed by atoms with E-state index in [1.807, 2.05) is 0 Å². The van der Waals surface area contributed by atoms with Crippen molar-refractivity contribution in [3.05, 3.63) is 29.3 Å². The van der Waals surface area contributed by atoms with Crippen LogP contribution in [0.4, 0.5) is 0 Å². The Labute approximate surface area is 147 Å². The monoisotopic (exact) mass is 358 g/mol. The molecule has 2 saturated heterocycles. The highest BCUT2D eigenvalue weighted by molar-refractivity contribution is 6.01. The molecule has 26 heavy (non-hydrogen) atoms. The van der Waals surface area contributed by atoms with E-state index in [2.05, 4.69) is 4.74 Å². The minimum absolute atomic E-state index is 0.0744. The number of fused-ring (bicyclic) bond motifs is 3. The molecule has 0 spiro atoms. The molecule has 8 nitrogen and oxygen atoms in total. The van der Waals surface area contributed by atoms with E-state index in [-0.39, 0.29) is 18.6 Å². The molecule has 134 valence electrons. The first kappa shape index (κ1) is 16.4. The minimum Gasteiger partial charge on any atom is -0.427 e. The Morgan fingerprint density at radius 1 is 0.962 bits per heavy atom. The number of benzene rings is 1. The maximum atomic E-state index is 12.2. The van der Waals surface area contributed by atoms with Gasteiger partial charge in [0.05, 0.1) is 24.2 Å². The van der Waals surface area contributed by atoms with Crippen LogP contribution in [-0.2, 0) is 33.4 Å². The van der Waals surface area contributed by atoms with Crippen molar-refractivity contribution in [2.24, 2.45) is 11.8 Å². The zero-order valence-electron chi connectivity index (χ0n) is 13.7. The number of carbonyl (C=O) groups excluding carboxylic acids is 5. The van der Waals surface area contributed by atoms with Crippen molar-refractivity contribution in [3.63, 3.8) is 0 Å². The number of cyclic esters (lactones) is 4. The number of hydrogen-bond donors (Lipinski definition) is 0. The smallest absolute Gasteiger partial charge is 0.321 e. The molecule has 2 fully saturated rings. The zero-order valence-corrected chi connectivity index (χ0v) is 13.7. The lowest BCUT2D eigenvalue weighted by Gasteiger charge is -2.32. The molecule has 1 aliphatic carbocycles. The number of rotatable bonds is 2. The predicted octanol–water partition coefficient (Wildman–Crippen LogP) is 0.972. The third kappa shape index (κ3) is 2.49. The first-order valence-corrected chi connectivity index (χ1v) is 8.17.